The van der Waals surface area contributed by atoms with Crippen molar-refractivity contribution in [3.05, 3.63) is 212 Å². The molecule has 0 fully saturated rings. The Balaban J connectivity index is 1.13. The predicted octanol–water partition coefficient (Wildman–Crippen LogP) is 9.41. The normalized spacial score (nSPS) is 15.6. The number of nitrogens with zero attached hydrogens (tertiary/aromatic N) is 2. The third-order valence-electron chi connectivity index (χ3n) is 13.8. The van der Waals surface area contributed by atoms with Gasteiger partial charge in [0.2, 0.25) is 6.71 Å². The number of furan rings is 1. The first kappa shape index (κ1) is 35.5. The van der Waals surface area contributed by atoms with E-state index in [0.29, 0.717) is 0 Å². The lowest BCUT2D eigenvalue weighted by Gasteiger charge is -2.47. The van der Waals surface area contributed by atoms with Gasteiger partial charge in [0.1, 0.15) is 11.3 Å². The summed E-state index contributed by atoms with van der Waals surface area (Å²) >= 11 is 0. The van der Waals surface area contributed by atoms with Crippen LogP contribution in [0.3, 0.4) is 0 Å². The van der Waals surface area contributed by atoms with Crippen LogP contribution in [0.25, 0.3) is 22.1 Å². The number of hydrogen-bond donors (Lipinski definition) is 0. The van der Waals surface area contributed by atoms with Gasteiger partial charge in [-0.15, -0.1) is 0 Å². The fourth-order valence-electron chi connectivity index (χ4n) is 11.3. The van der Waals surface area contributed by atoms with E-state index in [4.69, 9.17) is 9.15 Å². The highest BCUT2D eigenvalue weighted by Crippen LogP contribution is 2.48. The van der Waals surface area contributed by atoms with Gasteiger partial charge < -0.3 is 19.0 Å². The van der Waals surface area contributed by atoms with E-state index in [0.717, 1.165) is 70.8 Å². The number of rotatable bonds is 5. The Bertz CT molecular complexity index is 3210. The summed E-state index contributed by atoms with van der Waals surface area (Å²) in [4.78, 5) is 5.03. The Morgan fingerprint density at radius 2 is 1.23 bits per heavy atom. The highest BCUT2D eigenvalue weighted by molar-refractivity contribution is 7.26. The molecular weight excluding hydrogens is 772 g/mol. The molecule has 13 rings (SSSR count). The molecule has 0 N–H and O–H groups in total. The summed E-state index contributed by atoms with van der Waals surface area (Å²) in [6.07, 6.45) is 6.05. The molecule has 294 valence electrons. The second-order valence-electron chi connectivity index (χ2n) is 17.0. The first-order valence-corrected chi connectivity index (χ1v) is 23.9. The fourth-order valence-corrected chi connectivity index (χ4v) is 16.6. The number of anilines is 5. The molecule has 0 amide bonds. The van der Waals surface area contributed by atoms with Crippen molar-refractivity contribution in [3.8, 4) is 16.9 Å². The van der Waals surface area contributed by atoms with Crippen LogP contribution in [0, 0.1) is 0 Å². The Hall–Kier alpha value is -7.28. The molecule has 1 aliphatic carbocycles. The maximum absolute atomic E-state index is 6.62. The molecule has 4 nitrogen and oxygen atoms in total. The lowest BCUT2D eigenvalue weighted by Crippen LogP contribution is -2.87. The van der Waals surface area contributed by atoms with Crippen molar-refractivity contribution < 1.29 is 9.15 Å². The number of ether oxygens (including phenoxy) is 1. The number of benzene rings is 8. The molecule has 4 aliphatic rings. The van der Waals surface area contributed by atoms with Gasteiger partial charge in [0.05, 0.1) is 17.6 Å². The van der Waals surface area contributed by atoms with Crippen molar-refractivity contribution in [3.63, 3.8) is 0 Å². The van der Waals surface area contributed by atoms with Gasteiger partial charge in [-0.05, 0) is 105 Å². The molecule has 0 saturated carbocycles. The zero-order chi connectivity index (χ0) is 40.8. The highest BCUT2D eigenvalue weighted by atomic mass is 28.3. The summed E-state index contributed by atoms with van der Waals surface area (Å²) in [6, 6.07) is 72.6. The second kappa shape index (κ2) is 13.9. The fraction of sp³-hybridized carbons (Fsp3) is 0.0714. The smallest absolute Gasteiger partial charge is 0.246 e. The summed E-state index contributed by atoms with van der Waals surface area (Å²) in [5.41, 5.74) is 14.4. The van der Waals surface area contributed by atoms with Crippen molar-refractivity contribution in [1.29, 1.82) is 0 Å². The predicted molar refractivity (Wildman–Crippen MR) is 259 cm³/mol. The Kier molecular flexibility index (Phi) is 7.94. The number of para-hydroxylation sites is 4. The lowest BCUT2D eigenvalue weighted by atomic mass is 9.34. The van der Waals surface area contributed by atoms with E-state index >= 15 is 0 Å². The van der Waals surface area contributed by atoms with Crippen LogP contribution in [0.4, 0.5) is 28.4 Å². The van der Waals surface area contributed by atoms with Gasteiger partial charge in [0.25, 0.3) is 0 Å². The van der Waals surface area contributed by atoms with Crippen LogP contribution in [-0.2, 0) is 0 Å². The summed E-state index contributed by atoms with van der Waals surface area (Å²) in [6.45, 7) is -0.0227. The van der Waals surface area contributed by atoms with Gasteiger partial charge in [0, 0.05) is 40.1 Å². The number of hydrogen-bond acceptors (Lipinski definition) is 4. The van der Waals surface area contributed by atoms with Crippen LogP contribution in [0.5, 0.6) is 5.75 Å². The van der Waals surface area contributed by atoms with E-state index in [-0.39, 0.29) is 6.71 Å². The summed E-state index contributed by atoms with van der Waals surface area (Å²) in [7, 11) is -2.92. The average molecular weight is 813 g/mol. The van der Waals surface area contributed by atoms with E-state index < -0.39 is 8.07 Å². The van der Waals surface area contributed by atoms with Crippen LogP contribution in [-0.4, -0.2) is 14.8 Å². The molecule has 0 saturated heterocycles. The molecule has 0 bridgehead atoms. The van der Waals surface area contributed by atoms with Crippen molar-refractivity contribution in [2.24, 2.45) is 0 Å². The van der Waals surface area contributed by atoms with E-state index in [1.165, 1.54) is 59.8 Å². The van der Waals surface area contributed by atoms with Gasteiger partial charge in [-0.25, -0.2) is 0 Å². The summed E-state index contributed by atoms with van der Waals surface area (Å²) in [5.74, 6) is 2.02. The highest BCUT2D eigenvalue weighted by Gasteiger charge is 2.53. The van der Waals surface area contributed by atoms with Crippen molar-refractivity contribution in [2.75, 3.05) is 9.80 Å². The van der Waals surface area contributed by atoms with Crippen LogP contribution >= 0.6 is 0 Å². The molecule has 0 radical (unpaired) electrons. The quantitative estimate of drug-likeness (QED) is 0.162. The zero-order valence-electron chi connectivity index (χ0n) is 34.2. The largest absolute Gasteiger partial charge is 0.464 e. The summed E-state index contributed by atoms with van der Waals surface area (Å²) in [5, 5.41) is 6.76. The molecule has 4 heterocycles. The lowest BCUT2D eigenvalue weighted by molar-refractivity contribution is 0.363. The maximum Gasteiger partial charge on any atom is 0.246 e. The van der Waals surface area contributed by atoms with Gasteiger partial charge in [0.15, 0.2) is 13.8 Å². The molecular formula is C56H41BN2O2Si. The topological polar surface area (TPSA) is 28.9 Å². The molecule has 8 aromatic carbocycles. The second-order valence-corrected chi connectivity index (χ2v) is 20.7. The van der Waals surface area contributed by atoms with Crippen molar-refractivity contribution in [1.82, 2.24) is 0 Å². The summed E-state index contributed by atoms with van der Waals surface area (Å²) < 4.78 is 12.8. The third kappa shape index (κ3) is 5.07. The number of allylic oxidation sites excluding steroid dienone is 2. The minimum atomic E-state index is -2.92. The monoisotopic (exact) mass is 812 g/mol. The molecule has 6 heteroatoms. The van der Waals surface area contributed by atoms with Gasteiger partial charge in [-0.3, -0.25) is 0 Å². The first-order valence-electron chi connectivity index (χ1n) is 21.9. The van der Waals surface area contributed by atoms with Crippen molar-refractivity contribution in [2.45, 2.75) is 25.7 Å². The van der Waals surface area contributed by atoms with Crippen LogP contribution < -0.4 is 51.7 Å². The van der Waals surface area contributed by atoms with Gasteiger partial charge in [-0.2, -0.15) is 0 Å². The molecule has 3 aliphatic heterocycles. The SMILES string of the molecule is c1ccc(N2c3cc(N4C5=C(CCCC5)Oc5ccccc54)ccc3B3c4cc(-c5cccc6ccoc56)ccc4[Si](c4ccccc4)(c4ccccc4)c4cccc2c43)cc1. The first-order chi connectivity index (χ1) is 30.8. The van der Waals surface area contributed by atoms with Crippen LogP contribution in [0.15, 0.2) is 216 Å². The third-order valence-corrected chi connectivity index (χ3v) is 18.7. The minimum Gasteiger partial charge on any atom is -0.464 e. The number of fused-ring (bicyclic) bond motifs is 6. The van der Waals surface area contributed by atoms with Crippen LogP contribution in [0.1, 0.15) is 25.7 Å². The molecule has 1 aromatic heterocycles. The van der Waals surface area contributed by atoms with E-state index in [9.17, 15) is 0 Å². The molecule has 9 aromatic rings. The zero-order valence-corrected chi connectivity index (χ0v) is 35.2. The van der Waals surface area contributed by atoms with Crippen LogP contribution in [0.2, 0.25) is 0 Å². The molecule has 62 heavy (non-hydrogen) atoms. The standard InChI is InChI=1S/C56H41BN2O2Si/c1-4-17-40(18-5-1)58-49-26-15-29-54-55(49)57(45-32-31-41(37-50(45)58)59-47-24-10-12-27-51(47)61-52-28-13-11-25-48(52)59)46-36-39(44-23-14-16-38-34-35-60-56(38)44)30-33-53(46)62(54,42-19-6-2-7-20-42)43-21-8-3-9-22-43/h1-10,12,14-24,26-27,29-37H,11,13,25,28H2. The Morgan fingerprint density at radius 3 is 2.05 bits per heavy atom. The molecule has 0 unspecified atom stereocenters. The van der Waals surface area contributed by atoms with Gasteiger partial charge in [-0.1, -0.05) is 151 Å². The Morgan fingerprint density at radius 1 is 0.500 bits per heavy atom. The van der Waals surface area contributed by atoms with Crippen molar-refractivity contribution >= 4 is 91.3 Å². The Labute approximate surface area is 363 Å². The maximum atomic E-state index is 6.62. The molecule has 0 spiro atoms. The molecule has 0 atom stereocenters. The van der Waals surface area contributed by atoms with E-state index in [1.54, 1.807) is 0 Å². The average Bonchev–Trinajstić information content (AvgIpc) is 3.83. The minimum absolute atomic E-state index is 0.0227. The van der Waals surface area contributed by atoms with E-state index in [2.05, 4.69) is 204 Å². The van der Waals surface area contributed by atoms with Gasteiger partial charge >= 0.3 is 0 Å². The van der Waals surface area contributed by atoms with E-state index in [1.807, 2.05) is 6.26 Å².